The zero-order valence-electron chi connectivity index (χ0n) is 2.12. The van der Waals surface area contributed by atoms with Gasteiger partial charge in [-0.1, -0.05) is 0 Å². The molecular formula is BCrNi2Si. The smallest absolute Gasteiger partial charge is 0 e. The molecule has 0 rings (SSSR count). The summed E-state index contributed by atoms with van der Waals surface area (Å²) < 4.78 is 0. The maximum atomic E-state index is 0. The molecule has 0 nitrogen and oxygen atoms in total. The summed E-state index contributed by atoms with van der Waals surface area (Å²) in [6, 6.07) is 0. The van der Waals surface area contributed by atoms with E-state index in [1.165, 1.54) is 0 Å². The molecule has 0 aromatic rings. The summed E-state index contributed by atoms with van der Waals surface area (Å²) >= 11 is 0. The van der Waals surface area contributed by atoms with Crippen molar-refractivity contribution in [1.29, 1.82) is 0 Å². The summed E-state index contributed by atoms with van der Waals surface area (Å²) in [6.07, 6.45) is 0. The summed E-state index contributed by atoms with van der Waals surface area (Å²) in [5.74, 6) is 0. The van der Waals surface area contributed by atoms with Crippen molar-refractivity contribution in [2.45, 2.75) is 0 Å². The summed E-state index contributed by atoms with van der Waals surface area (Å²) in [4.78, 5) is 0. The zero-order valence-corrected chi connectivity index (χ0v) is 6.37. The van der Waals surface area contributed by atoms with Gasteiger partial charge >= 0.3 is 0 Å². The van der Waals surface area contributed by atoms with Gasteiger partial charge in [0.2, 0.25) is 0 Å². The third-order valence-electron chi connectivity index (χ3n) is 0. The molecule has 0 amide bonds. The van der Waals surface area contributed by atoms with Gasteiger partial charge < -0.3 is 0 Å². The van der Waals surface area contributed by atoms with Crippen LogP contribution in [0.25, 0.3) is 0 Å². The zero-order chi connectivity index (χ0) is 0. The van der Waals surface area contributed by atoms with Crippen LogP contribution in [0.2, 0.25) is 0 Å². The molecule has 0 saturated carbocycles. The molecule has 0 aliphatic heterocycles. The average Bonchev–Trinajstić information content (AvgIpc) is 0. The Morgan fingerprint density at radius 3 is 0.800 bits per heavy atom. The Hall–Kier alpha value is 1.80. The predicted octanol–water partition coefficient (Wildman–Crippen LogP) is -0.769. The second-order valence-electron chi connectivity index (χ2n) is 0. The van der Waals surface area contributed by atoms with Crippen molar-refractivity contribution < 1.29 is 50.3 Å². The monoisotopic (exact) mass is 207 g/mol. The van der Waals surface area contributed by atoms with Crippen LogP contribution in [0, 0.1) is 0 Å². The Kier molecular flexibility index (Phi) is 582. The van der Waals surface area contributed by atoms with Crippen LogP contribution in [0.5, 0.6) is 0 Å². The normalized spacial score (nSPS) is 0. The summed E-state index contributed by atoms with van der Waals surface area (Å²) in [7, 11) is 0. The molecule has 5 heavy (non-hydrogen) atoms. The van der Waals surface area contributed by atoms with Gasteiger partial charge in [0.05, 0.1) is 0 Å². The fraction of sp³-hybridized carbons (Fsp3) is 0. The Labute approximate surface area is 69.4 Å². The molecular weight excluding hydrogens is 208 g/mol. The van der Waals surface area contributed by atoms with E-state index >= 15 is 0 Å². The molecule has 0 spiro atoms. The first-order chi connectivity index (χ1) is 0. The van der Waals surface area contributed by atoms with Crippen molar-refractivity contribution in [2.24, 2.45) is 0 Å². The molecule has 0 fully saturated rings. The SMILES string of the molecule is [B].[Cr].[Ni].[Ni].[Si]. The Morgan fingerprint density at radius 2 is 0.800 bits per heavy atom. The van der Waals surface area contributed by atoms with Gasteiger partial charge in [-0.3, -0.25) is 0 Å². The first-order valence-electron chi connectivity index (χ1n) is 0. The van der Waals surface area contributed by atoms with Crippen molar-refractivity contribution in [3.8, 4) is 0 Å². The van der Waals surface area contributed by atoms with Crippen LogP contribution in [-0.2, 0) is 50.3 Å². The number of hydrogen-bond acceptors (Lipinski definition) is 0. The molecule has 0 aliphatic carbocycles. The van der Waals surface area contributed by atoms with Crippen LogP contribution >= 0.6 is 0 Å². The van der Waals surface area contributed by atoms with Gasteiger partial charge in [0.25, 0.3) is 0 Å². The van der Waals surface area contributed by atoms with Gasteiger partial charge in [-0.2, -0.15) is 0 Å². The second-order valence-corrected chi connectivity index (χ2v) is 0. The molecule has 0 N–H and O–H groups in total. The van der Waals surface area contributed by atoms with E-state index in [1.54, 1.807) is 0 Å². The van der Waals surface area contributed by atoms with E-state index in [-0.39, 0.29) is 69.7 Å². The van der Waals surface area contributed by atoms with Crippen molar-refractivity contribution in [3.63, 3.8) is 0 Å². The minimum atomic E-state index is 0. The van der Waals surface area contributed by atoms with Gasteiger partial charge in [-0.25, -0.2) is 0 Å². The largest absolute Gasteiger partial charge is 0 e. The maximum Gasteiger partial charge on any atom is 0 e. The van der Waals surface area contributed by atoms with E-state index in [4.69, 9.17) is 0 Å². The molecule has 7 radical (unpaired) electrons. The molecule has 0 atom stereocenters. The molecule has 0 aromatic heterocycles. The molecule has 33 valence electrons. The van der Waals surface area contributed by atoms with Gasteiger partial charge in [-0.15, -0.1) is 0 Å². The van der Waals surface area contributed by atoms with Crippen LogP contribution in [0.15, 0.2) is 0 Å². The fourth-order valence-corrected chi connectivity index (χ4v) is 0. The predicted molar refractivity (Wildman–Crippen MR) is 11.5 cm³/mol. The molecule has 5 heteroatoms. The quantitative estimate of drug-likeness (QED) is 0.459. The minimum Gasteiger partial charge on any atom is 0 e. The molecule has 0 saturated heterocycles. The topological polar surface area (TPSA) is 0 Å². The second kappa shape index (κ2) is 41.2. The molecule has 0 heterocycles. The van der Waals surface area contributed by atoms with Crippen LogP contribution in [-0.4, -0.2) is 19.4 Å². The summed E-state index contributed by atoms with van der Waals surface area (Å²) in [6.45, 7) is 0. The fourth-order valence-electron chi connectivity index (χ4n) is 0. The van der Waals surface area contributed by atoms with Crippen molar-refractivity contribution in [3.05, 3.63) is 0 Å². The molecule has 0 aromatic carbocycles. The van der Waals surface area contributed by atoms with E-state index < -0.39 is 0 Å². The Bertz CT molecular complexity index is 9.61. The van der Waals surface area contributed by atoms with Crippen molar-refractivity contribution >= 4 is 19.4 Å². The summed E-state index contributed by atoms with van der Waals surface area (Å²) in [5.41, 5.74) is 0. The molecule has 0 bridgehead atoms. The van der Waals surface area contributed by atoms with Gasteiger partial charge in [0.15, 0.2) is 0 Å². The van der Waals surface area contributed by atoms with Crippen LogP contribution in [0.3, 0.4) is 0 Å². The Balaban J connectivity index is 0. The minimum absolute atomic E-state index is 0. The van der Waals surface area contributed by atoms with Crippen molar-refractivity contribution in [1.82, 2.24) is 0 Å². The standard InChI is InChI=1S/B.Cr.2Ni.Si. The van der Waals surface area contributed by atoms with Gasteiger partial charge in [-0.05, 0) is 0 Å². The number of rotatable bonds is 0. The van der Waals surface area contributed by atoms with Crippen LogP contribution in [0.1, 0.15) is 0 Å². The van der Waals surface area contributed by atoms with E-state index in [1.807, 2.05) is 0 Å². The van der Waals surface area contributed by atoms with E-state index in [2.05, 4.69) is 0 Å². The third kappa shape index (κ3) is 25.8. The van der Waals surface area contributed by atoms with Gasteiger partial charge in [0.1, 0.15) is 0 Å². The van der Waals surface area contributed by atoms with Crippen molar-refractivity contribution in [2.75, 3.05) is 0 Å². The van der Waals surface area contributed by atoms with Crippen LogP contribution in [0.4, 0.5) is 0 Å². The number of hydrogen-bond donors (Lipinski definition) is 0. The van der Waals surface area contributed by atoms with E-state index in [9.17, 15) is 0 Å². The first-order valence-corrected chi connectivity index (χ1v) is 0. The summed E-state index contributed by atoms with van der Waals surface area (Å²) in [5, 5.41) is 0. The molecule has 0 aliphatic rings. The Morgan fingerprint density at radius 1 is 0.800 bits per heavy atom. The van der Waals surface area contributed by atoms with Crippen LogP contribution < -0.4 is 0 Å². The molecule has 0 unspecified atom stereocenters. The average molecular weight is 208 g/mol. The van der Waals surface area contributed by atoms with E-state index in [0.29, 0.717) is 0 Å². The third-order valence-corrected chi connectivity index (χ3v) is 0. The van der Waals surface area contributed by atoms with E-state index in [0.717, 1.165) is 0 Å². The maximum absolute atomic E-state index is 0. The first kappa shape index (κ1) is 70.5. The van der Waals surface area contributed by atoms with Gasteiger partial charge in [0, 0.05) is 69.7 Å².